The molecule has 8 heteroatoms. The minimum atomic E-state index is -0.800. The Morgan fingerprint density at radius 1 is 1.09 bits per heavy atom. The summed E-state index contributed by atoms with van der Waals surface area (Å²) < 4.78 is 15.1. The third-order valence-corrected chi connectivity index (χ3v) is 5.64. The molecule has 0 aliphatic rings. The number of hydrogen-bond acceptors (Lipinski definition) is 5. The van der Waals surface area contributed by atoms with Gasteiger partial charge in [0.25, 0.3) is 5.78 Å². The lowest BCUT2D eigenvalue weighted by Crippen LogP contribution is -2.13. The number of pyridine rings is 1. The summed E-state index contributed by atoms with van der Waals surface area (Å²) in [5.41, 5.74) is 9.81. The zero-order valence-electron chi connectivity index (χ0n) is 17.2. The van der Waals surface area contributed by atoms with Crippen molar-refractivity contribution in [1.29, 1.82) is 0 Å². The summed E-state index contributed by atoms with van der Waals surface area (Å²) in [6, 6.07) is 14.9. The first-order valence-corrected chi connectivity index (χ1v) is 10.1. The molecule has 2 N–H and O–H groups in total. The van der Waals surface area contributed by atoms with Crippen molar-refractivity contribution in [3.8, 4) is 11.3 Å². The fraction of sp³-hybridized carbons (Fsp3) is 0.125. The number of rotatable bonds is 5. The number of fused-ring (bicyclic) bond motifs is 2. The molecule has 3 aromatic heterocycles. The van der Waals surface area contributed by atoms with E-state index in [1.807, 2.05) is 24.3 Å². The molecule has 0 radical (unpaired) electrons. The number of primary amides is 1. The van der Waals surface area contributed by atoms with Gasteiger partial charge >= 0.3 is 0 Å². The SMILES string of the molecule is CC(c1ccc2ncccc2c1)c1cnc2ncc(-c3ccc(C(N)=O)c(CF)c3)nn12. The van der Waals surface area contributed by atoms with Crippen LogP contribution in [0.5, 0.6) is 0 Å². The molecule has 0 saturated heterocycles. The number of carbonyl (C=O) groups excluding carboxylic acids is 1. The molecular formula is C24H19FN6O. The van der Waals surface area contributed by atoms with Gasteiger partial charge in [0.1, 0.15) is 12.4 Å². The van der Waals surface area contributed by atoms with Crippen molar-refractivity contribution < 1.29 is 9.18 Å². The number of hydrogen-bond donors (Lipinski definition) is 1. The number of amides is 1. The molecule has 0 spiro atoms. The van der Waals surface area contributed by atoms with E-state index in [9.17, 15) is 9.18 Å². The van der Waals surface area contributed by atoms with Gasteiger partial charge in [-0.25, -0.2) is 18.9 Å². The number of carbonyl (C=O) groups is 1. The number of aromatic nitrogens is 5. The van der Waals surface area contributed by atoms with Crippen LogP contribution in [0, 0.1) is 0 Å². The lowest BCUT2D eigenvalue weighted by molar-refractivity contribution is 0.0998. The van der Waals surface area contributed by atoms with Crippen molar-refractivity contribution in [2.45, 2.75) is 19.5 Å². The number of imidazole rings is 1. The predicted octanol–water partition coefficient (Wildman–Crippen LogP) is 4.06. The van der Waals surface area contributed by atoms with Crippen LogP contribution in [0.25, 0.3) is 27.9 Å². The summed E-state index contributed by atoms with van der Waals surface area (Å²) in [5.74, 6) is -0.197. The molecule has 1 atom stereocenters. The molecule has 3 heterocycles. The Morgan fingerprint density at radius 3 is 2.75 bits per heavy atom. The van der Waals surface area contributed by atoms with E-state index in [2.05, 4.69) is 27.9 Å². The van der Waals surface area contributed by atoms with Crippen LogP contribution in [0.3, 0.4) is 0 Å². The summed E-state index contributed by atoms with van der Waals surface area (Å²) in [7, 11) is 0. The standard InChI is InChI=1S/C24H19FN6O/c1-14(15-5-7-20-16(9-15)3-2-8-27-20)22-13-29-24-28-12-21(30-31(22)24)17-4-6-19(23(26)32)18(10-17)11-25/h2-10,12-14H,11H2,1H3,(H2,26,32). The van der Waals surface area contributed by atoms with Crippen LogP contribution in [-0.4, -0.2) is 30.5 Å². The maximum atomic E-state index is 13.5. The Bertz CT molecular complexity index is 1480. The molecule has 0 saturated carbocycles. The highest BCUT2D eigenvalue weighted by atomic mass is 19.1. The van der Waals surface area contributed by atoms with Gasteiger partial charge in [0.2, 0.25) is 5.91 Å². The zero-order valence-corrected chi connectivity index (χ0v) is 17.2. The van der Waals surface area contributed by atoms with E-state index >= 15 is 0 Å². The molecule has 1 unspecified atom stereocenters. The average Bonchev–Trinajstić information content (AvgIpc) is 3.26. The third-order valence-electron chi connectivity index (χ3n) is 5.64. The van der Waals surface area contributed by atoms with Gasteiger partial charge < -0.3 is 5.73 Å². The van der Waals surface area contributed by atoms with E-state index in [0.29, 0.717) is 17.0 Å². The van der Waals surface area contributed by atoms with Crippen LogP contribution < -0.4 is 5.73 Å². The largest absolute Gasteiger partial charge is 0.366 e. The second kappa shape index (κ2) is 7.81. The van der Waals surface area contributed by atoms with Gasteiger partial charge in [-0.1, -0.05) is 25.1 Å². The second-order valence-corrected chi connectivity index (χ2v) is 7.59. The Kier molecular flexibility index (Phi) is 4.82. The fourth-order valence-corrected chi connectivity index (χ4v) is 3.86. The van der Waals surface area contributed by atoms with E-state index in [-0.39, 0.29) is 17.0 Å². The number of nitrogens with two attached hydrogens (primary N) is 1. The molecule has 5 rings (SSSR count). The highest BCUT2D eigenvalue weighted by Crippen LogP contribution is 2.28. The van der Waals surface area contributed by atoms with Crippen molar-refractivity contribution in [3.05, 3.63) is 89.5 Å². The quantitative estimate of drug-likeness (QED) is 0.457. The smallest absolute Gasteiger partial charge is 0.250 e. The van der Waals surface area contributed by atoms with Crippen LogP contribution in [0.1, 0.15) is 40.0 Å². The van der Waals surface area contributed by atoms with Crippen LogP contribution in [-0.2, 0) is 6.67 Å². The molecule has 0 bridgehead atoms. The van der Waals surface area contributed by atoms with Gasteiger partial charge in [-0.3, -0.25) is 9.78 Å². The molecule has 5 aromatic rings. The normalized spacial score (nSPS) is 12.3. The highest BCUT2D eigenvalue weighted by Gasteiger charge is 2.17. The monoisotopic (exact) mass is 426 g/mol. The van der Waals surface area contributed by atoms with Gasteiger partial charge in [0.05, 0.1) is 23.6 Å². The fourth-order valence-electron chi connectivity index (χ4n) is 3.86. The van der Waals surface area contributed by atoms with Gasteiger partial charge in [0.15, 0.2) is 0 Å². The van der Waals surface area contributed by atoms with E-state index in [1.54, 1.807) is 35.2 Å². The van der Waals surface area contributed by atoms with Crippen LogP contribution in [0.4, 0.5) is 4.39 Å². The highest BCUT2D eigenvalue weighted by molar-refractivity contribution is 5.95. The van der Waals surface area contributed by atoms with Gasteiger partial charge in [-0.2, -0.15) is 5.10 Å². The van der Waals surface area contributed by atoms with E-state index < -0.39 is 12.6 Å². The van der Waals surface area contributed by atoms with Crippen molar-refractivity contribution in [1.82, 2.24) is 24.6 Å². The van der Waals surface area contributed by atoms with Crippen LogP contribution >= 0.6 is 0 Å². The van der Waals surface area contributed by atoms with Crippen molar-refractivity contribution in [2.75, 3.05) is 0 Å². The number of alkyl halides is 1. The third kappa shape index (κ3) is 3.35. The topological polar surface area (TPSA) is 99.1 Å². The lowest BCUT2D eigenvalue weighted by Gasteiger charge is -2.13. The predicted molar refractivity (Wildman–Crippen MR) is 119 cm³/mol. The summed E-state index contributed by atoms with van der Waals surface area (Å²) in [6.07, 6.45) is 5.12. The second-order valence-electron chi connectivity index (χ2n) is 7.59. The first-order valence-electron chi connectivity index (χ1n) is 10.1. The molecule has 0 fully saturated rings. The molecule has 32 heavy (non-hydrogen) atoms. The number of nitrogens with zero attached hydrogens (tertiary/aromatic N) is 5. The average molecular weight is 426 g/mol. The van der Waals surface area contributed by atoms with Crippen molar-refractivity contribution in [3.63, 3.8) is 0 Å². The molecule has 0 aliphatic carbocycles. The molecule has 2 aromatic carbocycles. The molecule has 7 nitrogen and oxygen atoms in total. The first-order chi connectivity index (χ1) is 15.5. The van der Waals surface area contributed by atoms with E-state index in [1.165, 1.54) is 6.07 Å². The Labute approximate surface area is 182 Å². The summed E-state index contributed by atoms with van der Waals surface area (Å²) in [4.78, 5) is 24.7. The Hall–Kier alpha value is -4.20. The number of benzene rings is 2. The maximum Gasteiger partial charge on any atom is 0.250 e. The maximum absolute atomic E-state index is 13.5. The Morgan fingerprint density at radius 2 is 1.94 bits per heavy atom. The summed E-state index contributed by atoms with van der Waals surface area (Å²) in [6.45, 7) is 1.28. The minimum Gasteiger partial charge on any atom is -0.366 e. The van der Waals surface area contributed by atoms with Crippen LogP contribution in [0.15, 0.2) is 67.1 Å². The van der Waals surface area contributed by atoms with E-state index in [0.717, 1.165) is 22.2 Å². The van der Waals surface area contributed by atoms with E-state index in [4.69, 9.17) is 10.8 Å². The van der Waals surface area contributed by atoms with Crippen molar-refractivity contribution >= 4 is 22.6 Å². The van der Waals surface area contributed by atoms with Gasteiger partial charge in [-0.15, -0.1) is 0 Å². The molecule has 158 valence electrons. The summed E-state index contributed by atoms with van der Waals surface area (Å²) in [5, 5.41) is 5.77. The first kappa shape index (κ1) is 19.7. The zero-order chi connectivity index (χ0) is 22.2. The molecule has 0 aliphatic heterocycles. The van der Waals surface area contributed by atoms with Gasteiger partial charge in [0, 0.05) is 28.6 Å². The summed E-state index contributed by atoms with van der Waals surface area (Å²) >= 11 is 0. The number of halogens is 1. The molecule has 1 amide bonds. The minimum absolute atomic E-state index is 0.00204. The van der Waals surface area contributed by atoms with Crippen molar-refractivity contribution in [2.24, 2.45) is 5.73 Å². The Balaban J connectivity index is 1.57. The lowest BCUT2D eigenvalue weighted by atomic mass is 9.97. The van der Waals surface area contributed by atoms with Gasteiger partial charge in [-0.05, 0) is 41.5 Å². The van der Waals surface area contributed by atoms with Crippen LogP contribution in [0.2, 0.25) is 0 Å². The molecular weight excluding hydrogens is 407 g/mol.